The van der Waals surface area contributed by atoms with Gasteiger partial charge in [0.2, 0.25) is 0 Å². The summed E-state index contributed by atoms with van der Waals surface area (Å²) in [5.41, 5.74) is 0. The van der Waals surface area contributed by atoms with Gasteiger partial charge in [-0.2, -0.15) is 0 Å². The van der Waals surface area contributed by atoms with Crippen molar-refractivity contribution < 1.29 is 42.1 Å². The maximum atomic E-state index is 12.7. The lowest BCUT2D eigenvalue weighted by molar-refractivity contribution is -0.870. The summed E-state index contributed by atoms with van der Waals surface area (Å²) in [5.74, 6) is -0.815. The summed E-state index contributed by atoms with van der Waals surface area (Å²) in [5, 5.41) is 0. The molecule has 0 aromatic heterocycles. The molecule has 2 atom stereocenters. The molecule has 312 valence electrons. The van der Waals surface area contributed by atoms with E-state index in [1.165, 1.54) is 83.5 Å². The fourth-order valence-electron chi connectivity index (χ4n) is 5.77. The van der Waals surface area contributed by atoms with Gasteiger partial charge in [-0.15, -0.1) is 0 Å². The van der Waals surface area contributed by atoms with Gasteiger partial charge < -0.3 is 18.9 Å². The van der Waals surface area contributed by atoms with Crippen LogP contribution in [0.4, 0.5) is 0 Å². The van der Waals surface area contributed by atoms with E-state index in [0.29, 0.717) is 17.4 Å². The number of phosphoric acid groups is 1. The third-order valence-electron chi connectivity index (χ3n) is 9.20. The Morgan fingerprint density at radius 2 is 0.962 bits per heavy atom. The van der Waals surface area contributed by atoms with Crippen molar-refractivity contribution >= 4 is 19.8 Å². The molecule has 9 nitrogen and oxygen atoms in total. The average Bonchev–Trinajstić information content (AvgIpc) is 3.10. The molecule has 0 rings (SSSR count). The fourth-order valence-corrected chi connectivity index (χ4v) is 6.51. The Labute approximate surface area is 326 Å². The first-order valence-corrected chi connectivity index (χ1v) is 23.1. The zero-order valence-corrected chi connectivity index (χ0v) is 35.9. The second-order valence-electron chi connectivity index (χ2n) is 15.7. The molecular formula is C43H83NO8P+. The number of unbranched alkanes of at least 4 members (excludes halogenated alkanes) is 21. The summed E-state index contributed by atoms with van der Waals surface area (Å²) in [6, 6.07) is 0. The van der Waals surface area contributed by atoms with E-state index < -0.39 is 26.5 Å². The molecule has 0 saturated heterocycles. The number of hydrogen-bond acceptors (Lipinski definition) is 7. The summed E-state index contributed by atoms with van der Waals surface area (Å²) in [4.78, 5) is 35.3. The molecule has 10 heteroatoms. The quantitative estimate of drug-likeness (QED) is 0.0216. The minimum Gasteiger partial charge on any atom is -0.462 e. The number of carbonyl (C=O) groups excluding carboxylic acids is 2. The van der Waals surface area contributed by atoms with Gasteiger partial charge in [-0.05, 0) is 64.2 Å². The Bertz CT molecular complexity index is 964. The molecule has 1 unspecified atom stereocenters. The van der Waals surface area contributed by atoms with Crippen LogP contribution < -0.4 is 0 Å². The Kier molecular flexibility index (Phi) is 35.1. The predicted molar refractivity (Wildman–Crippen MR) is 220 cm³/mol. The molecule has 0 spiro atoms. The van der Waals surface area contributed by atoms with Gasteiger partial charge in [-0.1, -0.05) is 134 Å². The average molecular weight is 773 g/mol. The van der Waals surface area contributed by atoms with Crippen LogP contribution in [0, 0.1) is 0 Å². The second kappa shape index (κ2) is 36.1. The van der Waals surface area contributed by atoms with Crippen molar-refractivity contribution in [1.29, 1.82) is 0 Å². The van der Waals surface area contributed by atoms with Gasteiger partial charge in [0.05, 0.1) is 27.7 Å². The van der Waals surface area contributed by atoms with Crippen LogP contribution in [0.1, 0.15) is 187 Å². The van der Waals surface area contributed by atoms with E-state index in [-0.39, 0.29) is 32.0 Å². The van der Waals surface area contributed by atoms with E-state index in [0.717, 1.165) is 70.6 Å². The van der Waals surface area contributed by atoms with E-state index in [2.05, 4.69) is 38.2 Å². The van der Waals surface area contributed by atoms with Gasteiger partial charge in [0.15, 0.2) is 6.10 Å². The highest BCUT2D eigenvalue weighted by molar-refractivity contribution is 7.47. The van der Waals surface area contributed by atoms with E-state index in [9.17, 15) is 19.0 Å². The van der Waals surface area contributed by atoms with E-state index in [1.807, 2.05) is 21.1 Å². The van der Waals surface area contributed by atoms with Gasteiger partial charge >= 0.3 is 19.8 Å². The molecule has 53 heavy (non-hydrogen) atoms. The van der Waals surface area contributed by atoms with Crippen LogP contribution in [0.5, 0.6) is 0 Å². The fraction of sp³-hybridized carbons (Fsp3) is 0.860. The number of carbonyl (C=O) groups is 2. The molecule has 0 aliphatic carbocycles. The topological polar surface area (TPSA) is 108 Å². The van der Waals surface area contributed by atoms with Crippen molar-refractivity contribution in [3.05, 3.63) is 24.3 Å². The molecule has 0 aromatic rings. The second-order valence-corrected chi connectivity index (χ2v) is 17.2. The van der Waals surface area contributed by atoms with Crippen molar-refractivity contribution in [2.24, 2.45) is 0 Å². The number of ether oxygens (including phenoxy) is 2. The number of likely N-dealkylation sites (N-methyl/N-ethyl adjacent to an activating group) is 1. The number of hydrogen-bond donors (Lipinski definition) is 1. The first-order valence-electron chi connectivity index (χ1n) is 21.6. The summed E-state index contributed by atoms with van der Waals surface area (Å²) < 4.78 is 34.3. The number of allylic oxidation sites excluding steroid dienone is 4. The first kappa shape index (κ1) is 51.5. The molecule has 0 aliphatic heterocycles. The summed E-state index contributed by atoms with van der Waals surface area (Å²) in [6.07, 6.45) is 37.9. The maximum Gasteiger partial charge on any atom is 0.472 e. The molecule has 0 fully saturated rings. The van der Waals surface area contributed by atoms with E-state index in [4.69, 9.17) is 18.5 Å². The molecule has 0 saturated carbocycles. The van der Waals surface area contributed by atoms with Crippen molar-refractivity contribution in [2.75, 3.05) is 47.5 Å². The van der Waals surface area contributed by atoms with Crippen molar-refractivity contribution in [3.63, 3.8) is 0 Å². The molecule has 0 radical (unpaired) electrons. The van der Waals surface area contributed by atoms with Crippen LogP contribution in [0.2, 0.25) is 0 Å². The highest BCUT2D eigenvalue weighted by Gasteiger charge is 2.27. The molecule has 0 bridgehead atoms. The number of rotatable bonds is 39. The Morgan fingerprint density at radius 3 is 1.40 bits per heavy atom. The van der Waals surface area contributed by atoms with Crippen LogP contribution >= 0.6 is 7.82 Å². The van der Waals surface area contributed by atoms with Crippen LogP contribution in [0.3, 0.4) is 0 Å². The minimum absolute atomic E-state index is 0.0299. The van der Waals surface area contributed by atoms with E-state index in [1.54, 1.807) is 0 Å². The highest BCUT2D eigenvalue weighted by atomic mass is 31.2. The monoisotopic (exact) mass is 773 g/mol. The van der Waals surface area contributed by atoms with Gasteiger partial charge in [0, 0.05) is 12.8 Å². The molecular weight excluding hydrogens is 689 g/mol. The molecule has 0 amide bonds. The number of quaternary nitrogens is 1. The van der Waals surface area contributed by atoms with Crippen LogP contribution in [0.25, 0.3) is 0 Å². The van der Waals surface area contributed by atoms with Gasteiger partial charge in [0.25, 0.3) is 0 Å². The van der Waals surface area contributed by atoms with Crippen molar-refractivity contribution in [2.45, 2.75) is 193 Å². The third kappa shape index (κ3) is 40.0. The van der Waals surface area contributed by atoms with Crippen molar-refractivity contribution in [3.8, 4) is 0 Å². The Hall–Kier alpha value is -1.51. The first-order chi connectivity index (χ1) is 25.5. The summed E-state index contributed by atoms with van der Waals surface area (Å²) >= 11 is 0. The highest BCUT2D eigenvalue weighted by Crippen LogP contribution is 2.43. The lowest BCUT2D eigenvalue weighted by Crippen LogP contribution is -2.37. The zero-order valence-electron chi connectivity index (χ0n) is 35.0. The summed E-state index contributed by atoms with van der Waals surface area (Å²) in [6.45, 7) is 4.39. The number of phosphoric ester groups is 1. The number of esters is 2. The maximum absolute atomic E-state index is 12.7. The SMILES string of the molecule is CCCCCCC/C=C\CCCCCCCC(=O)OC[C@H](COP(=O)(O)OCC[N+](C)(C)C)OC(=O)CCCCCCC/C=C\CCCCCCCC. The van der Waals surface area contributed by atoms with Gasteiger partial charge in [-0.25, -0.2) is 4.57 Å². The van der Waals surface area contributed by atoms with E-state index >= 15 is 0 Å². The Balaban J connectivity index is 4.40. The summed E-state index contributed by atoms with van der Waals surface area (Å²) in [7, 11) is 1.47. The molecule has 0 aliphatic rings. The lowest BCUT2D eigenvalue weighted by Gasteiger charge is -2.24. The Morgan fingerprint density at radius 1 is 0.566 bits per heavy atom. The lowest BCUT2D eigenvalue weighted by atomic mass is 10.1. The normalized spacial score (nSPS) is 13.8. The van der Waals surface area contributed by atoms with Gasteiger partial charge in [0.1, 0.15) is 19.8 Å². The third-order valence-corrected chi connectivity index (χ3v) is 10.2. The predicted octanol–water partition coefficient (Wildman–Crippen LogP) is 12.0. The van der Waals surface area contributed by atoms with Crippen LogP contribution in [-0.2, 0) is 32.7 Å². The van der Waals surface area contributed by atoms with Crippen LogP contribution in [-0.4, -0.2) is 74.9 Å². The molecule has 0 aromatic carbocycles. The van der Waals surface area contributed by atoms with Crippen molar-refractivity contribution in [1.82, 2.24) is 0 Å². The zero-order chi connectivity index (χ0) is 39.3. The largest absolute Gasteiger partial charge is 0.472 e. The standard InChI is InChI=1S/C43H82NO8P/c1-6-8-10-12-14-16-18-20-22-24-26-28-30-32-34-36-43(46)52-41(40-51-53(47,48)50-38-37-44(3,4)5)39-49-42(45)35-33-31-29-27-25-23-21-19-17-15-13-11-9-7-2/h19-22,41H,6-18,23-40H2,1-5H3/p+1/b21-19-,22-20-/t41-/m1/s1. The smallest absolute Gasteiger partial charge is 0.462 e. The molecule has 0 heterocycles. The van der Waals surface area contributed by atoms with Crippen LogP contribution in [0.15, 0.2) is 24.3 Å². The number of nitrogens with zero attached hydrogens (tertiary/aromatic N) is 1. The minimum atomic E-state index is -4.37. The molecule has 1 N–H and O–H groups in total. The van der Waals surface area contributed by atoms with Gasteiger partial charge in [-0.3, -0.25) is 18.6 Å².